The quantitative estimate of drug-likeness (QED) is 0.650. The molecule has 142 valence electrons. The standard InChI is InChI=1S/C18H19N3O5S/c1-4-25-18(24)15-10(2)14-16(27-15)19-9-21(17(14)23)8-13(22)20-11(3)12-6-5-7-26-12/h5-7,9,11H,4,8H2,1-3H3,(H,20,22)/t11-/m1/s1. The average molecular weight is 389 g/mol. The van der Waals surface area contributed by atoms with Gasteiger partial charge in [0.05, 0.1) is 30.6 Å². The van der Waals surface area contributed by atoms with Gasteiger partial charge in [-0.15, -0.1) is 11.3 Å². The molecule has 3 heterocycles. The Labute approximate surface area is 158 Å². The van der Waals surface area contributed by atoms with Crippen molar-refractivity contribution in [2.24, 2.45) is 0 Å². The van der Waals surface area contributed by atoms with Gasteiger partial charge in [0.25, 0.3) is 5.56 Å². The van der Waals surface area contributed by atoms with Crippen molar-refractivity contribution in [3.05, 3.63) is 51.3 Å². The Morgan fingerprint density at radius 3 is 2.89 bits per heavy atom. The third-order valence-corrected chi connectivity index (χ3v) is 5.22. The number of aryl methyl sites for hydroxylation is 1. The van der Waals surface area contributed by atoms with Crippen LogP contribution in [0.5, 0.6) is 0 Å². The molecule has 0 aliphatic carbocycles. The lowest BCUT2D eigenvalue weighted by Gasteiger charge is -2.12. The van der Waals surface area contributed by atoms with Crippen LogP contribution < -0.4 is 10.9 Å². The van der Waals surface area contributed by atoms with E-state index < -0.39 is 5.97 Å². The van der Waals surface area contributed by atoms with Crippen LogP contribution >= 0.6 is 11.3 Å². The summed E-state index contributed by atoms with van der Waals surface area (Å²) in [4.78, 5) is 42.1. The molecule has 0 radical (unpaired) electrons. The lowest BCUT2D eigenvalue weighted by atomic mass is 10.2. The number of hydrogen-bond acceptors (Lipinski definition) is 7. The topological polar surface area (TPSA) is 103 Å². The fourth-order valence-electron chi connectivity index (χ4n) is 2.71. The number of amides is 1. The minimum absolute atomic E-state index is 0.184. The Morgan fingerprint density at radius 1 is 1.44 bits per heavy atom. The minimum atomic E-state index is -0.478. The second kappa shape index (κ2) is 7.75. The maximum Gasteiger partial charge on any atom is 0.348 e. The highest BCUT2D eigenvalue weighted by Gasteiger charge is 2.21. The number of thiophene rings is 1. The van der Waals surface area contributed by atoms with E-state index in [9.17, 15) is 14.4 Å². The van der Waals surface area contributed by atoms with E-state index in [2.05, 4.69) is 10.3 Å². The van der Waals surface area contributed by atoms with Crippen molar-refractivity contribution in [2.75, 3.05) is 6.61 Å². The number of nitrogens with zero attached hydrogens (tertiary/aromatic N) is 2. The van der Waals surface area contributed by atoms with Gasteiger partial charge in [-0.3, -0.25) is 14.2 Å². The van der Waals surface area contributed by atoms with E-state index >= 15 is 0 Å². The summed E-state index contributed by atoms with van der Waals surface area (Å²) in [5.74, 6) is -0.202. The zero-order valence-electron chi connectivity index (χ0n) is 15.1. The van der Waals surface area contributed by atoms with Gasteiger partial charge < -0.3 is 14.5 Å². The molecule has 1 atom stereocenters. The molecule has 8 nitrogen and oxygen atoms in total. The first-order valence-electron chi connectivity index (χ1n) is 8.40. The lowest BCUT2D eigenvalue weighted by molar-refractivity contribution is -0.122. The number of hydrogen-bond donors (Lipinski definition) is 1. The zero-order valence-corrected chi connectivity index (χ0v) is 16.0. The molecule has 1 N–H and O–H groups in total. The van der Waals surface area contributed by atoms with E-state index in [0.717, 1.165) is 11.3 Å². The number of carbonyl (C=O) groups is 2. The maximum atomic E-state index is 12.8. The van der Waals surface area contributed by atoms with Crippen LogP contribution in [0.4, 0.5) is 0 Å². The third kappa shape index (κ3) is 3.77. The van der Waals surface area contributed by atoms with Gasteiger partial charge in [-0.1, -0.05) is 0 Å². The van der Waals surface area contributed by atoms with Crippen LogP contribution in [0, 0.1) is 6.92 Å². The van der Waals surface area contributed by atoms with E-state index in [0.29, 0.717) is 26.4 Å². The molecule has 0 aliphatic rings. The van der Waals surface area contributed by atoms with Crippen LogP contribution in [0.1, 0.15) is 40.9 Å². The molecule has 0 saturated heterocycles. The van der Waals surface area contributed by atoms with Crippen LogP contribution in [0.2, 0.25) is 0 Å². The van der Waals surface area contributed by atoms with Crippen LogP contribution in [0.25, 0.3) is 10.2 Å². The van der Waals surface area contributed by atoms with Crippen molar-refractivity contribution in [3.8, 4) is 0 Å². The summed E-state index contributed by atoms with van der Waals surface area (Å²) in [5.41, 5.74) is 0.148. The predicted molar refractivity (Wildman–Crippen MR) is 99.8 cm³/mol. The molecule has 0 fully saturated rings. The minimum Gasteiger partial charge on any atom is -0.467 e. The van der Waals surface area contributed by atoms with E-state index in [1.165, 1.54) is 17.2 Å². The Kier molecular flexibility index (Phi) is 5.41. The smallest absolute Gasteiger partial charge is 0.348 e. The number of carbonyl (C=O) groups excluding carboxylic acids is 2. The molecule has 9 heteroatoms. The average Bonchev–Trinajstić information content (AvgIpc) is 3.26. The molecule has 1 amide bonds. The van der Waals surface area contributed by atoms with Crippen molar-refractivity contribution in [3.63, 3.8) is 0 Å². The summed E-state index contributed by atoms with van der Waals surface area (Å²) in [5, 5.41) is 3.10. The number of nitrogens with one attached hydrogen (secondary N) is 1. The van der Waals surface area contributed by atoms with Gasteiger partial charge in [0.15, 0.2) is 0 Å². The zero-order chi connectivity index (χ0) is 19.6. The van der Waals surface area contributed by atoms with Crippen LogP contribution in [0.15, 0.2) is 33.9 Å². The molecule has 0 bridgehead atoms. The molecule has 0 aliphatic heterocycles. The molecule has 3 aromatic rings. The first kappa shape index (κ1) is 18.8. The van der Waals surface area contributed by atoms with Crippen molar-refractivity contribution in [1.82, 2.24) is 14.9 Å². The van der Waals surface area contributed by atoms with Gasteiger partial charge in [-0.2, -0.15) is 0 Å². The number of ether oxygens (including phenoxy) is 1. The van der Waals surface area contributed by atoms with Crippen molar-refractivity contribution in [1.29, 1.82) is 0 Å². The molecule has 0 unspecified atom stereocenters. The Morgan fingerprint density at radius 2 is 2.22 bits per heavy atom. The van der Waals surface area contributed by atoms with Gasteiger partial charge in [-0.05, 0) is 38.5 Å². The fourth-order valence-corrected chi connectivity index (χ4v) is 3.75. The summed E-state index contributed by atoms with van der Waals surface area (Å²) < 4.78 is 11.5. The Bertz CT molecular complexity index is 1040. The molecule has 0 aromatic carbocycles. The molecular weight excluding hydrogens is 370 g/mol. The first-order valence-corrected chi connectivity index (χ1v) is 9.22. The van der Waals surface area contributed by atoms with Gasteiger partial charge >= 0.3 is 5.97 Å². The number of furan rings is 1. The van der Waals surface area contributed by atoms with Gasteiger partial charge in [-0.25, -0.2) is 9.78 Å². The Balaban J connectivity index is 1.84. The predicted octanol–water partition coefficient (Wildman–Crippen LogP) is 2.41. The van der Waals surface area contributed by atoms with Crippen LogP contribution in [-0.2, 0) is 16.1 Å². The summed E-state index contributed by atoms with van der Waals surface area (Å²) in [6.45, 7) is 5.25. The van der Waals surface area contributed by atoms with Gasteiger partial charge in [0, 0.05) is 0 Å². The summed E-state index contributed by atoms with van der Waals surface area (Å²) >= 11 is 1.11. The van der Waals surface area contributed by atoms with Crippen LogP contribution in [-0.4, -0.2) is 28.0 Å². The summed E-state index contributed by atoms with van der Waals surface area (Å²) in [6, 6.07) is 3.18. The van der Waals surface area contributed by atoms with E-state index in [1.807, 2.05) is 0 Å². The largest absolute Gasteiger partial charge is 0.467 e. The molecule has 3 aromatic heterocycles. The van der Waals surface area contributed by atoms with E-state index in [4.69, 9.17) is 9.15 Å². The normalized spacial score (nSPS) is 12.1. The molecule has 0 spiro atoms. The van der Waals surface area contributed by atoms with Crippen LogP contribution in [0.3, 0.4) is 0 Å². The molecule has 3 rings (SSSR count). The van der Waals surface area contributed by atoms with Crippen molar-refractivity contribution in [2.45, 2.75) is 33.4 Å². The van der Waals surface area contributed by atoms with Crippen molar-refractivity contribution < 1.29 is 18.7 Å². The lowest BCUT2D eigenvalue weighted by Crippen LogP contribution is -2.33. The highest BCUT2D eigenvalue weighted by atomic mass is 32.1. The SMILES string of the molecule is CCOC(=O)c1sc2ncn(CC(=O)N[C@H](C)c3ccco3)c(=O)c2c1C. The highest BCUT2D eigenvalue weighted by molar-refractivity contribution is 7.20. The highest BCUT2D eigenvalue weighted by Crippen LogP contribution is 2.27. The number of aromatic nitrogens is 2. The third-order valence-electron chi connectivity index (χ3n) is 4.04. The second-order valence-electron chi connectivity index (χ2n) is 5.94. The number of fused-ring (bicyclic) bond motifs is 1. The number of rotatable bonds is 6. The first-order chi connectivity index (χ1) is 12.9. The van der Waals surface area contributed by atoms with E-state index in [1.54, 1.807) is 32.9 Å². The monoisotopic (exact) mass is 389 g/mol. The molecular formula is C18H19N3O5S. The molecule has 27 heavy (non-hydrogen) atoms. The Hall–Kier alpha value is -2.94. The van der Waals surface area contributed by atoms with Crippen molar-refractivity contribution >= 4 is 33.4 Å². The fraction of sp³-hybridized carbons (Fsp3) is 0.333. The maximum absolute atomic E-state index is 12.8. The van der Waals surface area contributed by atoms with Gasteiger partial charge in [0.1, 0.15) is 22.0 Å². The summed E-state index contributed by atoms with van der Waals surface area (Å²) in [7, 11) is 0. The molecule has 0 saturated carbocycles. The van der Waals surface area contributed by atoms with Gasteiger partial charge in [0.2, 0.25) is 5.91 Å². The summed E-state index contributed by atoms with van der Waals surface area (Å²) in [6.07, 6.45) is 2.84. The van der Waals surface area contributed by atoms with E-state index in [-0.39, 0.29) is 30.7 Å². The second-order valence-corrected chi connectivity index (χ2v) is 6.94. The number of esters is 1.